The number of amides is 1. The zero-order chi connectivity index (χ0) is 22.4. The van der Waals surface area contributed by atoms with Crippen molar-refractivity contribution in [3.8, 4) is 5.75 Å². The highest BCUT2D eigenvalue weighted by molar-refractivity contribution is 7.92. The Kier molecular flexibility index (Phi) is 7.56. The van der Waals surface area contributed by atoms with Crippen LogP contribution in [0.5, 0.6) is 5.75 Å². The largest absolute Gasteiger partial charge is 0.490 e. The van der Waals surface area contributed by atoms with Gasteiger partial charge in [-0.3, -0.25) is 9.10 Å². The molecule has 1 aliphatic rings. The molecule has 31 heavy (non-hydrogen) atoms. The molecule has 2 aromatic carbocycles. The van der Waals surface area contributed by atoms with Crippen LogP contribution in [0.15, 0.2) is 48.5 Å². The number of hydrogen-bond acceptors (Lipinski definition) is 5. The fourth-order valence-electron chi connectivity index (χ4n) is 3.48. The molecule has 0 unspecified atom stereocenters. The molecule has 1 aliphatic heterocycles. The number of benzene rings is 2. The van der Waals surface area contributed by atoms with Crippen molar-refractivity contribution in [2.24, 2.45) is 0 Å². The van der Waals surface area contributed by atoms with E-state index in [-0.39, 0.29) is 18.6 Å². The summed E-state index contributed by atoms with van der Waals surface area (Å²) < 4.78 is 31.5. The normalized spacial score (nSPS) is 15.5. The fraction of sp³-hybridized carbons (Fsp3) is 0.435. The van der Waals surface area contributed by atoms with Crippen LogP contribution >= 0.6 is 0 Å². The average molecular weight is 446 g/mol. The van der Waals surface area contributed by atoms with Gasteiger partial charge in [-0.05, 0) is 56.6 Å². The Morgan fingerprint density at radius 2 is 1.71 bits per heavy atom. The lowest BCUT2D eigenvalue weighted by Crippen LogP contribution is -2.40. The molecule has 0 atom stereocenters. The minimum absolute atomic E-state index is 0.241. The van der Waals surface area contributed by atoms with Crippen LogP contribution in [0.4, 0.5) is 5.69 Å². The monoisotopic (exact) mass is 445 g/mol. The standard InChI is InChI=1S/C23H31N3O4S/c1-18-4-8-20(9-5-18)26(31(3,28)29)17-23(27)24-16-19-6-10-21(11-7-19)30-22-12-14-25(2)15-13-22/h4-11,22H,12-17H2,1-3H3,(H,24,27). The quantitative estimate of drug-likeness (QED) is 0.676. The summed E-state index contributed by atoms with van der Waals surface area (Å²) in [5.74, 6) is 0.463. The molecule has 0 radical (unpaired) electrons. The van der Waals surface area contributed by atoms with Gasteiger partial charge in [0.2, 0.25) is 15.9 Å². The summed E-state index contributed by atoms with van der Waals surface area (Å²) in [7, 11) is -1.46. The first-order chi connectivity index (χ1) is 14.7. The number of ether oxygens (including phenoxy) is 1. The minimum Gasteiger partial charge on any atom is -0.490 e. The first kappa shape index (κ1) is 23.1. The topological polar surface area (TPSA) is 79.0 Å². The number of hydrogen-bond donors (Lipinski definition) is 1. The first-order valence-electron chi connectivity index (χ1n) is 10.5. The van der Waals surface area contributed by atoms with Crippen LogP contribution in [-0.4, -0.2) is 58.3 Å². The molecule has 1 heterocycles. The van der Waals surface area contributed by atoms with Crippen LogP contribution < -0.4 is 14.4 Å². The van der Waals surface area contributed by atoms with Gasteiger partial charge in [0.15, 0.2) is 0 Å². The number of piperidine rings is 1. The van der Waals surface area contributed by atoms with E-state index in [1.165, 1.54) is 0 Å². The zero-order valence-corrected chi connectivity index (χ0v) is 19.2. The second-order valence-corrected chi connectivity index (χ2v) is 10.1. The van der Waals surface area contributed by atoms with Crippen molar-refractivity contribution in [2.45, 2.75) is 32.4 Å². The highest BCUT2D eigenvalue weighted by Crippen LogP contribution is 2.20. The maximum atomic E-state index is 12.4. The maximum absolute atomic E-state index is 12.4. The summed E-state index contributed by atoms with van der Waals surface area (Å²) in [6.07, 6.45) is 3.38. The Hall–Kier alpha value is -2.58. The van der Waals surface area contributed by atoms with Crippen LogP contribution in [0, 0.1) is 6.92 Å². The van der Waals surface area contributed by atoms with Gasteiger partial charge in [0.05, 0.1) is 11.9 Å². The van der Waals surface area contributed by atoms with Gasteiger partial charge >= 0.3 is 0 Å². The lowest BCUT2D eigenvalue weighted by molar-refractivity contribution is -0.119. The van der Waals surface area contributed by atoms with Crippen LogP contribution in [0.1, 0.15) is 24.0 Å². The molecule has 1 N–H and O–H groups in total. The van der Waals surface area contributed by atoms with E-state index in [0.717, 1.165) is 53.4 Å². The Balaban J connectivity index is 1.52. The number of nitrogens with one attached hydrogen (secondary N) is 1. The third kappa shape index (κ3) is 6.97. The highest BCUT2D eigenvalue weighted by atomic mass is 32.2. The van der Waals surface area contributed by atoms with Crippen molar-refractivity contribution in [2.75, 3.05) is 37.2 Å². The van der Waals surface area contributed by atoms with Crippen LogP contribution in [-0.2, 0) is 21.4 Å². The van der Waals surface area contributed by atoms with Crippen molar-refractivity contribution in [1.29, 1.82) is 0 Å². The van der Waals surface area contributed by atoms with E-state index in [1.54, 1.807) is 12.1 Å². The number of carbonyl (C=O) groups is 1. The predicted molar refractivity (Wildman–Crippen MR) is 123 cm³/mol. The summed E-state index contributed by atoms with van der Waals surface area (Å²) in [5.41, 5.74) is 2.41. The number of sulfonamides is 1. The number of carbonyl (C=O) groups excluding carboxylic acids is 1. The van der Waals surface area contributed by atoms with Crippen molar-refractivity contribution in [1.82, 2.24) is 10.2 Å². The predicted octanol–water partition coefficient (Wildman–Crippen LogP) is 2.55. The van der Waals surface area contributed by atoms with E-state index in [9.17, 15) is 13.2 Å². The molecule has 8 heteroatoms. The van der Waals surface area contributed by atoms with Gasteiger partial charge in [0.1, 0.15) is 18.4 Å². The van der Waals surface area contributed by atoms with Gasteiger partial charge in [-0.1, -0.05) is 29.8 Å². The number of likely N-dealkylation sites (tertiary alicyclic amines) is 1. The van der Waals surface area contributed by atoms with Crippen LogP contribution in [0.3, 0.4) is 0 Å². The second-order valence-electron chi connectivity index (χ2n) is 8.15. The summed E-state index contributed by atoms with van der Waals surface area (Å²) >= 11 is 0. The Morgan fingerprint density at radius 3 is 2.29 bits per heavy atom. The number of rotatable bonds is 8. The summed E-state index contributed by atoms with van der Waals surface area (Å²) in [5, 5.41) is 2.80. The molecule has 3 rings (SSSR count). The maximum Gasteiger partial charge on any atom is 0.241 e. The molecular weight excluding hydrogens is 414 g/mol. The van der Waals surface area contributed by atoms with Gasteiger partial charge in [-0.25, -0.2) is 8.42 Å². The fourth-order valence-corrected chi connectivity index (χ4v) is 4.34. The number of aryl methyl sites for hydroxylation is 1. The van der Waals surface area contributed by atoms with Gasteiger partial charge in [0.25, 0.3) is 0 Å². The summed E-state index contributed by atoms with van der Waals surface area (Å²) in [6, 6.07) is 14.7. The molecule has 0 saturated carbocycles. The van der Waals surface area contributed by atoms with Crippen molar-refractivity contribution in [3.63, 3.8) is 0 Å². The minimum atomic E-state index is -3.58. The van der Waals surface area contributed by atoms with Gasteiger partial charge < -0.3 is 15.0 Å². The van der Waals surface area contributed by atoms with E-state index in [0.29, 0.717) is 12.2 Å². The van der Waals surface area contributed by atoms with Crippen molar-refractivity contribution in [3.05, 3.63) is 59.7 Å². The van der Waals surface area contributed by atoms with Crippen LogP contribution in [0.25, 0.3) is 0 Å². The second kappa shape index (κ2) is 10.2. The molecule has 1 fully saturated rings. The molecule has 1 amide bonds. The van der Waals surface area contributed by atoms with Crippen molar-refractivity contribution >= 4 is 21.6 Å². The van der Waals surface area contributed by atoms with E-state index in [4.69, 9.17) is 4.74 Å². The van der Waals surface area contributed by atoms with Crippen LogP contribution in [0.2, 0.25) is 0 Å². The van der Waals surface area contributed by atoms with E-state index >= 15 is 0 Å². The molecule has 2 aromatic rings. The van der Waals surface area contributed by atoms with Gasteiger partial charge in [-0.15, -0.1) is 0 Å². The Morgan fingerprint density at radius 1 is 1.10 bits per heavy atom. The number of anilines is 1. The molecule has 168 valence electrons. The molecule has 7 nitrogen and oxygen atoms in total. The first-order valence-corrected chi connectivity index (χ1v) is 12.3. The molecule has 0 aliphatic carbocycles. The third-order valence-electron chi connectivity index (χ3n) is 5.39. The lowest BCUT2D eigenvalue weighted by atomic mass is 10.1. The zero-order valence-electron chi connectivity index (χ0n) is 18.4. The average Bonchev–Trinajstić information content (AvgIpc) is 2.73. The van der Waals surface area contributed by atoms with E-state index in [2.05, 4.69) is 17.3 Å². The molecule has 0 spiro atoms. The molecule has 0 bridgehead atoms. The number of nitrogens with zero attached hydrogens (tertiary/aromatic N) is 2. The molecular formula is C23H31N3O4S. The summed E-state index contributed by atoms with van der Waals surface area (Å²) in [4.78, 5) is 14.7. The molecule has 0 aromatic heterocycles. The summed E-state index contributed by atoms with van der Waals surface area (Å²) in [6.45, 7) is 4.06. The Bertz CT molecular complexity index is 967. The van der Waals surface area contributed by atoms with Gasteiger partial charge in [0, 0.05) is 19.6 Å². The van der Waals surface area contributed by atoms with Gasteiger partial charge in [-0.2, -0.15) is 0 Å². The third-order valence-corrected chi connectivity index (χ3v) is 6.53. The smallest absolute Gasteiger partial charge is 0.241 e. The SMILES string of the molecule is Cc1ccc(N(CC(=O)NCc2ccc(OC3CCN(C)CC3)cc2)S(C)(=O)=O)cc1. The van der Waals surface area contributed by atoms with E-state index < -0.39 is 10.0 Å². The highest BCUT2D eigenvalue weighted by Gasteiger charge is 2.21. The van der Waals surface area contributed by atoms with E-state index in [1.807, 2.05) is 43.3 Å². The Labute approximate surface area is 185 Å². The lowest BCUT2D eigenvalue weighted by Gasteiger charge is -2.29. The molecule has 1 saturated heterocycles. The van der Waals surface area contributed by atoms with Crippen molar-refractivity contribution < 1.29 is 17.9 Å².